The molecule has 0 bridgehead atoms. The van der Waals surface area contributed by atoms with E-state index in [1.165, 1.54) is 14.0 Å². The second kappa shape index (κ2) is 7.58. The minimum atomic E-state index is -0.912. The summed E-state index contributed by atoms with van der Waals surface area (Å²) in [6.07, 6.45) is -1.13. The summed E-state index contributed by atoms with van der Waals surface area (Å²) in [5.74, 6) is -0.177. The van der Waals surface area contributed by atoms with Crippen molar-refractivity contribution in [3.05, 3.63) is 65.2 Å². The molecule has 0 saturated carbocycles. The van der Waals surface area contributed by atoms with Crippen LogP contribution in [0.15, 0.2) is 48.5 Å². The van der Waals surface area contributed by atoms with Crippen LogP contribution in [0.1, 0.15) is 47.0 Å². The largest absolute Gasteiger partial charge is 0.485 e. The topological polar surface area (TPSA) is 84.9 Å². The standard InChI is InChI=1S/C20H21NO5/c1-12(22)21-16-11-18(13-7-3-4-8-14(13)20(24)25-2)26-17-10-6-5-9-15(17)19(16)23/h3-10,16,18-19,23H,11H2,1-2H3,(H,21,22). The summed E-state index contributed by atoms with van der Waals surface area (Å²) in [5.41, 5.74) is 1.65. The molecule has 6 nitrogen and oxygen atoms in total. The number of methoxy groups -OCH3 is 1. The molecule has 1 amide bonds. The Labute approximate surface area is 151 Å². The van der Waals surface area contributed by atoms with Crippen molar-refractivity contribution >= 4 is 11.9 Å². The smallest absolute Gasteiger partial charge is 0.338 e. The lowest BCUT2D eigenvalue weighted by Crippen LogP contribution is -2.38. The molecule has 0 fully saturated rings. The Bertz CT molecular complexity index is 819. The van der Waals surface area contributed by atoms with Gasteiger partial charge in [-0.3, -0.25) is 4.79 Å². The Kier molecular flexibility index (Phi) is 5.23. The predicted molar refractivity (Wildman–Crippen MR) is 94.8 cm³/mol. The van der Waals surface area contributed by atoms with Crippen molar-refractivity contribution in [1.29, 1.82) is 0 Å². The lowest BCUT2D eigenvalue weighted by atomic mass is 9.93. The third-order valence-electron chi connectivity index (χ3n) is 4.46. The zero-order valence-corrected chi connectivity index (χ0v) is 14.6. The minimum Gasteiger partial charge on any atom is -0.485 e. The molecule has 136 valence electrons. The first-order valence-electron chi connectivity index (χ1n) is 8.39. The number of esters is 1. The van der Waals surface area contributed by atoms with E-state index in [9.17, 15) is 14.7 Å². The fourth-order valence-electron chi connectivity index (χ4n) is 3.27. The van der Waals surface area contributed by atoms with Crippen molar-refractivity contribution in [1.82, 2.24) is 5.32 Å². The number of ether oxygens (including phenoxy) is 2. The van der Waals surface area contributed by atoms with Crippen LogP contribution in [-0.4, -0.2) is 30.1 Å². The first-order valence-corrected chi connectivity index (χ1v) is 8.39. The molecule has 6 heteroatoms. The Balaban J connectivity index is 2.06. The average Bonchev–Trinajstić information content (AvgIpc) is 2.78. The third kappa shape index (κ3) is 3.55. The number of nitrogens with one attached hydrogen (secondary N) is 1. The highest BCUT2D eigenvalue weighted by molar-refractivity contribution is 5.91. The van der Waals surface area contributed by atoms with Crippen LogP contribution < -0.4 is 10.1 Å². The van der Waals surface area contributed by atoms with Gasteiger partial charge in [-0.1, -0.05) is 36.4 Å². The van der Waals surface area contributed by atoms with Crippen molar-refractivity contribution in [2.45, 2.75) is 31.6 Å². The summed E-state index contributed by atoms with van der Waals surface area (Å²) in [6.45, 7) is 1.40. The molecule has 2 N–H and O–H groups in total. The van der Waals surface area contributed by atoms with Crippen LogP contribution in [0, 0.1) is 0 Å². The van der Waals surface area contributed by atoms with E-state index < -0.39 is 24.2 Å². The van der Waals surface area contributed by atoms with E-state index in [1.807, 2.05) is 12.1 Å². The molecule has 1 aliphatic rings. The molecular formula is C20H21NO5. The molecule has 1 aliphatic heterocycles. The molecule has 1 heterocycles. The van der Waals surface area contributed by atoms with Gasteiger partial charge in [0.2, 0.25) is 5.91 Å². The van der Waals surface area contributed by atoms with Crippen LogP contribution in [0.25, 0.3) is 0 Å². The number of para-hydroxylation sites is 1. The van der Waals surface area contributed by atoms with Crippen LogP contribution in [-0.2, 0) is 9.53 Å². The number of rotatable bonds is 3. The van der Waals surface area contributed by atoms with E-state index in [0.717, 1.165) is 0 Å². The summed E-state index contributed by atoms with van der Waals surface area (Å²) in [6, 6.07) is 13.6. The molecule has 3 unspecified atom stereocenters. The van der Waals surface area contributed by atoms with Gasteiger partial charge in [0.15, 0.2) is 0 Å². The Morgan fingerprint density at radius 3 is 2.46 bits per heavy atom. The fraction of sp³-hybridized carbons (Fsp3) is 0.300. The molecule has 0 radical (unpaired) electrons. The first kappa shape index (κ1) is 17.9. The lowest BCUT2D eigenvalue weighted by Gasteiger charge is -2.24. The van der Waals surface area contributed by atoms with E-state index in [1.54, 1.807) is 36.4 Å². The van der Waals surface area contributed by atoms with Crippen molar-refractivity contribution < 1.29 is 24.2 Å². The van der Waals surface area contributed by atoms with Gasteiger partial charge in [0.25, 0.3) is 0 Å². The number of carbonyl (C=O) groups excluding carboxylic acids is 2. The second-order valence-corrected chi connectivity index (χ2v) is 6.21. The number of carbonyl (C=O) groups is 2. The zero-order chi connectivity index (χ0) is 18.7. The maximum absolute atomic E-state index is 12.1. The van der Waals surface area contributed by atoms with Gasteiger partial charge in [0.05, 0.1) is 18.7 Å². The van der Waals surface area contributed by atoms with Gasteiger partial charge >= 0.3 is 5.97 Å². The Morgan fingerprint density at radius 2 is 1.77 bits per heavy atom. The van der Waals surface area contributed by atoms with E-state index in [0.29, 0.717) is 28.9 Å². The third-order valence-corrected chi connectivity index (χ3v) is 4.46. The number of aliphatic hydroxyl groups is 1. The molecule has 0 saturated heterocycles. The summed E-state index contributed by atoms with van der Waals surface area (Å²) >= 11 is 0. The van der Waals surface area contributed by atoms with Gasteiger partial charge in [-0.15, -0.1) is 0 Å². The van der Waals surface area contributed by atoms with Gasteiger partial charge in [-0.25, -0.2) is 4.79 Å². The van der Waals surface area contributed by atoms with Crippen LogP contribution in [0.4, 0.5) is 0 Å². The molecule has 3 atom stereocenters. The zero-order valence-electron chi connectivity index (χ0n) is 14.6. The molecule has 3 rings (SSSR count). The van der Waals surface area contributed by atoms with E-state index >= 15 is 0 Å². The number of aliphatic hydroxyl groups excluding tert-OH is 1. The average molecular weight is 355 g/mol. The molecule has 2 aromatic carbocycles. The summed E-state index contributed by atoms with van der Waals surface area (Å²) in [7, 11) is 1.33. The SMILES string of the molecule is COC(=O)c1ccccc1C1CC(NC(C)=O)C(O)c2ccccc2O1. The summed E-state index contributed by atoms with van der Waals surface area (Å²) < 4.78 is 11.0. The van der Waals surface area contributed by atoms with Gasteiger partial charge in [-0.05, 0) is 12.1 Å². The quantitative estimate of drug-likeness (QED) is 0.827. The van der Waals surface area contributed by atoms with E-state index in [4.69, 9.17) is 9.47 Å². The molecule has 26 heavy (non-hydrogen) atoms. The van der Waals surface area contributed by atoms with Gasteiger partial charge < -0.3 is 19.9 Å². The highest BCUT2D eigenvalue weighted by Gasteiger charge is 2.34. The maximum Gasteiger partial charge on any atom is 0.338 e. The van der Waals surface area contributed by atoms with E-state index in [2.05, 4.69) is 5.32 Å². The Morgan fingerprint density at radius 1 is 1.12 bits per heavy atom. The van der Waals surface area contributed by atoms with Crippen LogP contribution in [0.2, 0.25) is 0 Å². The summed E-state index contributed by atoms with van der Waals surface area (Å²) in [4.78, 5) is 23.7. The molecule has 2 aromatic rings. The highest BCUT2D eigenvalue weighted by atomic mass is 16.5. The first-order chi connectivity index (χ1) is 12.5. The molecule has 0 spiro atoms. The molecular weight excluding hydrogens is 334 g/mol. The molecule has 0 aromatic heterocycles. The maximum atomic E-state index is 12.1. The number of hydrogen-bond acceptors (Lipinski definition) is 5. The van der Waals surface area contributed by atoms with Crippen molar-refractivity contribution in [2.24, 2.45) is 0 Å². The van der Waals surface area contributed by atoms with Crippen LogP contribution in [0.3, 0.4) is 0 Å². The molecule has 0 aliphatic carbocycles. The Hall–Kier alpha value is -2.86. The summed E-state index contributed by atoms with van der Waals surface area (Å²) in [5, 5.41) is 13.5. The minimum absolute atomic E-state index is 0.242. The lowest BCUT2D eigenvalue weighted by molar-refractivity contribution is -0.120. The van der Waals surface area contributed by atoms with Crippen molar-refractivity contribution in [2.75, 3.05) is 7.11 Å². The van der Waals surface area contributed by atoms with Crippen LogP contribution in [0.5, 0.6) is 5.75 Å². The highest BCUT2D eigenvalue weighted by Crippen LogP contribution is 2.39. The van der Waals surface area contributed by atoms with Gasteiger partial charge in [0.1, 0.15) is 18.0 Å². The van der Waals surface area contributed by atoms with Gasteiger partial charge in [-0.2, -0.15) is 0 Å². The van der Waals surface area contributed by atoms with Gasteiger partial charge in [0, 0.05) is 24.5 Å². The second-order valence-electron chi connectivity index (χ2n) is 6.21. The normalized spacial score (nSPS) is 21.7. The van der Waals surface area contributed by atoms with E-state index in [-0.39, 0.29) is 5.91 Å². The fourth-order valence-corrected chi connectivity index (χ4v) is 3.27. The van der Waals surface area contributed by atoms with Crippen LogP contribution >= 0.6 is 0 Å². The number of fused-ring (bicyclic) bond motifs is 1. The predicted octanol–water partition coefficient (Wildman–Crippen LogP) is 2.54. The number of amides is 1. The number of hydrogen-bond donors (Lipinski definition) is 2. The van der Waals surface area contributed by atoms with Crippen molar-refractivity contribution in [3.63, 3.8) is 0 Å². The van der Waals surface area contributed by atoms with Crippen molar-refractivity contribution in [3.8, 4) is 5.75 Å². The number of benzene rings is 2. The monoisotopic (exact) mass is 355 g/mol.